The monoisotopic (exact) mass is 351 g/mol. The third-order valence-corrected chi connectivity index (χ3v) is 4.00. The molecule has 0 aliphatic carbocycles. The van der Waals surface area contributed by atoms with Crippen molar-refractivity contribution in [2.45, 2.75) is 6.92 Å². The van der Waals surface area contributed by atoms with Gasteiger partial charge in [0.15, 0.2) is 0 Å². The lowest BCUT2D eigenvalue weighted by atomic mass is 10.2. The summed E-state index contributed by atoms with van der Waals surface area (Å²) >= 11 is 5.92. The molecule has 0 saturated carbocycles. The Labute approximate surface area is 148 Å². The highest BCUT2D eigenvalue weighted by molar-refractivity contribution is 6.30. The Morgan fingerprint density at radius 3 is 2.68 bits per heavy atom. The van der Waals surface area contributed by atoms with Crippen LogP contribution in [0, 0.1) is 6.92 Å². The number of para-hydroxylation sites is 1. The lowest BCUT2D eigenvalue weighted by molar-refractivity contribution is 0.805. The number of hydrogen-bond donors (Lipinski definition) is 2. The Balaban J connectivity index is 1.81. The first-order valence-corrected chi connectivity index (χ1v) is 8.07. The second kappa shape index (κ2) is 6.07. The van der Waals surface area contributed by atoms with Crippen molar-refractivity contribution in [3.05, 3.63) is 75.7 Å². The lowest BCUT2D eigenvalue weighted by Gasteiger charge is -2.09. The van der Waals surface area contributed by atoms with Gasteiger partial charge in [0, 0.05) is 16.8 Å². The van der Waals surface area contributed by atoms with Gasteiger partial charge in [0.25, 0.3) is 5.56 Å². The first-order chi connectivity index (χ1) is 12.1. The molecule has 2 aromatic heterocycles. The largest absolute Gasteiger partial charge is 0.340 e. The van der Waals surface area contributed by atoms with Crippen molar-refractivity contribution in [2.75, 3.05) is 5.32 Å². The summed E-state index contributed by atoms with van der Waals surface area (Å²) in [7, 11) is 0. The minimum atomic E-state index is -0.203. The number of aromatic amines is 1. The van der Waals surface area contributed by atoms with Crippen LogP contribution in [0.2, 0.25) is 5.02 Å². The van der Waals surface area contributed by atoms with Gasteiger partial charge in [-0.25, -0.2) is 4.98 Å². The molecule has 0 radical (unpaired) electrons. The molecule has 0 fully saturated rings. The Morgan fingerprint density at radius 2 is 1.88 bits per heavy atom. The van der Waals surface area contributed by atoms with E-state index in [4.69, 9.17) is 11.6 Å². The smallest absolute Gasteiger partial charge is 0.260 e. The molecule has 2 heterocycles. The number of benzene rings is 2. The molecule has 0 aliphatic rings. The van der Waals surface area contributed by atoms with Gasteiger partial charge in [-0.2, -0.15) is 9.78 Å². The van der Waals surface area contributed by atoms with Crippen molar-refractivity contribution in [1.29, 1.82) is 0 Å². The van der Waals surface area contributed by atoms with Crippen LogP contribution in [0.1, 0.15) is 5.69 Å². The number of aryl methyl sites for hydroxylation is 1. The van der Waals surface area contributed by atoms with Gasteiger partial charge in [-0.15, -0.1) is 0 Å². The number of nitrogens with zero attached hydrogens (tertiary/aromatic N) is 3. The van der Waals surface area contributed by atoms with E-state index in [1.54, 1.807) is 28.9 Å². The van der Waals surface area contributed by atoms with E-state index in [0.29, 0.717) is 27.7 Å². The van der Waals surface area contributed by atoms with E-state index in [9.17, 15) is 4.79 Å². The molecule has 2 aromatic carbocycles. The maximum Gasteiger partial charge on any atom is 0.260 e. The van der Waals surface area contributed by atoms with Crippen LogP contribution >= 0.6 is 11.6 Å². The van der Waals surface area contributed by atoms with Crippen LogP contribution in [0.25, 0.3) is 16.9 Å². The summed E-state index contributed by atoms with van der Waals surface area (Å²) in [6, 6.07) is 16.4. The molecule has 7 heteroatoms. The maximum absolute atomic E-state index is 12.3. The van der Waals surface area contributed by atoms with Gasteiger partial charge in [0.2, 0.25) is 5.95 Å². The predicted molar refractivity (Wildman–Crippen MR) is 99.0 cm³/mol. The number of nitrogens with one attached hydrogen (secondary N) is 2. The van der Waals surface area contributed by atoms with Crippen molar-refractivity contribution >= 4 is 34.0 Å². The molecule has 0 aliphatic heterocycles. The molecule has 0 amide bonds. The number of fused-ring (bicyclic) bond motifs is 1. The number of aromatic nitrogens is 4. The fourth-order valence-electron chi connectivity index (χ4n) is 2.61. The number of hydrogen-bond acceptors (Lipinski definition) is 4. The number of anilines is 2. The molecule has 4 rings (SSSR count). The molecule has 0 saturated heterocycles. The normalized spacial score (nSPS) is 11.0. The molecule has 6 nitrogen and oxygen atoms in total. The average molecular weight is 352 g/mol. The number of halogens is 1. The van der Waals surface area contributed by atoms with Gasteiger partial charge in [0.05, 0.1) is 16.6 Å². The van der Waals surface area contributed by atoms with Gasteiger partial charge in [-0.05, 0) is 43.3 Å². The Hall–Kier alpha value is -3.12. The van der Waals surface area contributed by atoms with E-state index < -0.39 is 0 Å². The van der Waals surface area contributed by atoms with Crippen molar-refractivity contribution in [2.24, 2.45) is 0 Å². The minimum Gasteiger partial charge on any atom is -0.340 e. The van der Waals surface area contributed by atoms with Gasteiger partial charge in [-0.1, -0.05) is 23.7 Å². The fourth-order valence-corrected chi connectivity index (χ4v) is 2.73. The van der Waals surface area contributed by atoms with E-state index in [1.165, 1.54) is 0 Å². The highest BCUT2D eigenvalue weighted by Gasteiger charge is 2.12. The number of H-pyrrole nitrogens is 1. The molecular formula is C18H14ClN5O. The quantitative estimate of drug-likeness (QED) is 0.588. The van der Waals surface area contributed by atoms with Crippen LogP contribution in [-0.4, -0.2) is 19.7 Å². The predicted octanol–water partition coefficient (Wildman–Crippen LogP) is 3.81. The molecule has 0 unspecified atom stereocenters. The molecule has 0 atom stereocenters. The summed E-state index contributed by atoms with van der Waals surface area (Å²) < 4.78 is 1.58. The summed E-state index contributed by atoms with van der Waals surface area (Å²) in [6.45, 7) is 1.88. The van der Waals surface area contributed by atoms with E-state index in [0.717, 1.165) is 11.4 Å². The zero-order chi connectivity index (χ0) is 17.4. The van der Waals surface area contributed by atoms with Crippen LogP contribution in [0.5, 0.6) is 0 Å². The van der Waals surface area contributed by atoms with Gasteiger partial charge >= 0.3 is 0 Å². The minimum absolute atomic E-state index is 0.203. The zero-order valence-corrected chi connectivity index (χ0v) is 14.1. The second-order valence-electron chi connectivity index (χ2n) is 5.62. The summed E-state index contributed by atoms with van der Waals surface area (Å²) in [4.78, 5) is 19.6. The van der Waals surface area contributed by atoms with Crippen LogP contribution in [-0.2, 0) is 0 Å². The molecule has 4 aromatic rings. The second-order valence-corrected chi connectivity index (χ2v) is 6.06. The standard InChI is InChI=1S/C18H14ClN5O/c1-11-10-16(20-13-8-6-12(19)7-9-13)24(23-11)18-21-15-5-3-2-4-14(15)17(25)22-18/h2-10,20H,1H3,(H,21,22,25). The molecule has 0 bridgehead atoms. The van der Waals surface area contributed by atoms with Crippen molar-refractivity contribution in [3.8, 4) is 5.95 Å². The topological polar surface area (TPSA) is 75.6 Å². The van der Waals surface area contributed by atoms with Crippen molar-refractivity contribution < 1.29 is 0 Å². The Kier molecular flexibility index (Phi) is 3.74. The SMILES string of the molecule is Cc1cc(Nc2ccc(Cl)cc2)n(-c2nc3ccccc3c(=O)[nH]2)n1. The summed E-state index contributed by atoms with van der Waals surface area (Å²) in [5.74, 6) is 1.05. The lowest BCUT2D eigenvalue weighted by Crippen LogP contribution is -2.15. The van der Waals surface area contributed by atoms with E-state index in [1.807, 2.05) is 37.3 Å². The summed E-state index contributed by atoms with van der Waals surface area (Å²) in [5, 5.41) is 8.91. The van der Waals surface area contributed by atoms with Crippen LogP contribution in [0.15, 0.2) is 59.4 Å². The first kappa shape index (κ1) is 15.4. The molecule has 25 heavy (non-hydrogen) atoms. The third-order valence-electron chi connectivity index (χ3n) is 3.75. The number of rotatable bonds is 3. The van der Waals surface area contributed by atoms with E-state index in [-0.39, 0.29) is 5.56 Å². The van der Waals surface area contributed by atoms with Crippen LogP contribution in [0.3, 0.4) is 0 Å². The molecular weight excluding hydrogens is 338 g/mol. The highest BCUT2D eigenvalue weighted by atomic mass is 35.5. The highest BCUT2D eigenvalue weighted by Crippen LogP contribution is 2.21. The average Bonchev–Trinajstić information content (AvgIpc) is 2.97. The summed E-state index contributed by atoms with van der Waals surface area (Å²) in [5.41, 5.74) is 2.07. The Bertz CT molecular complexity index is 1110. The zero-order valence-electron chi connectivity index (χ0n) is 13.3. The molecule has 124 valence electrons. The van der Waals surface area contributed by atoms with Gasteiger partial charge < -0.3 is 5.32 Å². The van der Waals surface area contributed by atoms with E-state index >= 15 is 0 Å². The molecule has 2 N–H and O–H groups in total. The summed E-state index contributed by atoms with van der Waals surface area (Å²) in [6.07, 6.45) is 0. The van der Waals surface area contributed by atoms with Crippen LogP contribution in [0.4, 0.5) is 11.5 Å². The van der Waals surface area contributed by atoms with E-state index in [2.05, 4.69) is 20.4 Å². The van der Waals surface area contributed by atoms with Crippen molar-refractivity contribution in [3.63, 3.8) is 0 Å². The maximum atomic E-state index is 12.3. The molecule has 0 spiro atoms. The van der Waals surface area contributed by atoms with Gasteiger partial charge in [0.1, 0.15) is 5.82 Å². The Morgan fingerprint density at radius 1 is 1.12 bits per heavy atom. The third kappa shape index (κ3) is 2.99. The van der Waals surface area contributed by atoms with Gasteiger partial charge in [-0.3, -0.25) is 9.78 Å². The van der Waals surface area contributed by atoms with Crippen molar-refractivity contribution in [1.82, 2.24) is 19.7 Å². The first-order valence-electron chi connectivity index (χ1n) is 7.69. The fraction of sp³-hybridized carbons (Fsp3) is 0.0556. The van der Waals surface area contributed by atoms with Crippen LogP contribution < -0.4 is 10.9 Å².